The Hall–Kier alpha value is -4.36. The molecule has 0 radical (unpaired) electrons. The van der Waals surface area contributed by atoms with E-state index in [2.05, 4.69) is 88.0 Å². The Morgan fingerprint density at radius 2 is 1.49 bits per heavy atom. The van der Waals surface area contributed by atoms with Gasteiger partial charge in [-0.25, -0.2) is 4.68 Å². The van der Waals surface area contributed by atoms with Gasteiger partial charge in [0, 0.05) is 38.0 Å². The molecule has 0 bridgehead atoms. The van der Waals surface area contributed by atoms with Gasteiger partial charge in [0.1, 0.15) is 0 Å². The monoisotopic (exact) mass is 548 g/mol. The second-order valence-corrected chi connectivity index (χ2v) is 10.2. The Bertz CT molecular complexity index is 1370. The molecule has 210 valence electrons. The summed E-state index contributed by atoms with van der Waals surface area (Å²) in [6, 6.07) is 31.6. The number of rotatable bonds is 11. The quantitative estimate of drug-likeness (QED) is 0.104. The molecular formula is C34H36N4O3. The fraction of sp³-hybridized carbons (Fsp3) is 0.294. The number of benzene rings is 3. The Morgan fingerprint density at radius 1 is 0.902 bits per heavy atom. The Kier molecular flexibility index (Phi) is 9.16. The predicted octanol–water partition coefficient (Wildman–Crippen LogP) is 5.66. The number of carbonyl (C=O) groups is 2. The minimum atomic E-state index is -0.588. The Labute approximate surface area is 241 Å². The van der Waals surface area contributed by atoms with Gasteiger partial charge in [0.05, 0.1) is 24.0 Å². The molecule has 7 nitrogen and oxygen atoms in total. The summed E-state index contributed by atoms with van der Waals surface area (Å²) in [6.07, 6.45) is 5.90. The second-order valence-electron chi connectivity index (χ2n) is 10.2. The fourth-order valence-electron chi connectivity index (χ4n) is 5.76. The highest BCUT2D eigenvalue weighted by atomic mass is 16.5. The van der Waals surface area contributed by atoms with Gasteiger partial charge in [-0.05, 0) is 42.5 Å². The van der Waals surface area contributed by atoms with Crippen LogP contribution in [0.15, 0.2) is 103 Å². The molecule has 0 N–H and O–H groups in total. The molecule has 3 aromatic carbocycles. The SMILES string of the molecule is CCOC(=O)CCCCn1nncc1/C=C1/CN(C(c2ccccc2)(c2ccccc2)c2ccccc2)CCC1=O. The summed E-state index contributed by atoms with van der Waals surface area (Å²) in [7, 11) is 0. The van der Waals surface area contributed by atoms with E-state index in [-0.39, 0.29) is 11.8 Å². The number of ether oxygens (including phenoxy) is 1. The van der Waals surface area contributed by atoms with Crippen molar-refractivity contribution in [3.8, 4) is 0 Å². The number of hydrogen-bond acceptors (Lipinski definition) is 6. The van der Waals surface area contributed by atoms with Gasteiger partial charge in [-0.2, -0.15) is 0 Å². The van der Waals surface area contributed by atoms with E-state index in [4.69, 9.17) is 4.74 Å². The molecule has 0 amide bonds. The topological polar surface area (TPSA) is 77.3 Å². The maximum absolute atomic E-state index is 13.3. The predicted molar refractivity (Wildman–Crippen MR) is 159 cm³/mol. The van der Waals surface area contributed by atoms with Crippen molar-refractivity contribution in [1.29, 1.82) is 0 Å². The maximum Gasteiger partial charge on any atom is 0.305 e. The number of esters is 1. The second kappa shape index (κ2) is 13.3. The first-order valence-electron chi connectivity index (χ1n) is 14.3. The average molecular weight is 549 g/mol. The zero-order valence-electron chi connectivity index (χ0n) is 23.5. The van der Waals surface area contributed by atoms with E-state index in [0.29, 0.717) is 45.5 Å². The van der Waals surface area contributed by atoms with Crippen molar-refractivity contribution in [3.63, 3.8) is 0 Å². The zero-order valence-corrected chi connectivity index (χ0v) is 23.5. The zero-order chi connectivity index (χ0) is 28.5. The normalized spacial score (nSPS) is 15.2. The van der Waals surface area contributed by atoms with E-state index < -0.39 is 5.54 Å². The largest absolute Gasteiger partial charge is 0.466 e. The van der Waals surface area contributed by atoms with Crippen LogP contribution in [0.5, 0.6) is 0 Å². The first-order valence-corrected chi connectivity index (χ1v) is 14.3. The number of ketones is 1. The number of aryl methyl sites for hydroxylation is 1. The number of aromatic nitrogens is 3. The van der Waals surface area contributed by atoms with Gasteiger partial charge < -0.3 is 4.74 Å². The van der Waals surface area contributed by atoms with Crippen LogP contribution in [0.4, 0.5) is 0 Å². The smallest absolute Gasteiger partial charge is 0.305 e. The number of nitrogens with zero attached hydrogens (tertiary/aromatic N) is 4. The number of Topliss-reactive ketones (excluding diaryl/α,β-unsaturated/α-hetero) is 1. The first-order chi connectivity index (χ1) is 20.1. The van der Waals surface area contributed by atoms with Crippen molar-refractivity contribution >= 4 is 17.8 Å². The average Bonchev–Trinajstić information content (AvgIpc) is 3.46. The molecule has 1 aliphatic rings. The molecule has 4 aromatic rings. The lowest BCUT2D eigenvalue weighted by molar-refractivity contribution is -0.143. The standard InChI is InChI=1S/C34H36N4O3/c1-2-41-33(40)20-12-13-22-38-31(25-35-36-38)24-27-26-37(23-21-32(27)39)34(28-14-6-3-7-15-28,29-16-8-4-9-17-29)30-18-10-5-11-19-30/h3-11,14-19,24-25H,2,12-13,20-23,26H2,1H3/b27-24-. The summed E-state index contributed by atoms with van der Waals surface area (Å²) >= 11 is 0. The van der Waals surface area contributed by atoms with Crippen LogP contribution in [-0.4, -0.2) is 51.3 Å². The highest BCUT2D eigenvalue weighted by molar-refractivity contribution is 6.00. The third kappa shape index (κ3) is 6.20. The molecule has 41 heavy (non-hydrogen) atoms. The van der Waals surface area contributed by atoms with Gasteiger partial charge in [-0.3, -0.25) is 14.5 Å². The van der Waals surface area contributed by atoms with Crippen molar-refractivity contribution in [3.05, 3.63) is 125 Å². The summed E-state index contributed by atoms with van der Waals surface area (Å²) in [5.41, 5.74) is 4.39. The molecule has 0 unspecified atom stereocenters. The van der Waals surface area contributed by atoms with Crippen LogP contribution < -0.4 is 0 Å². The van der Waals surface area contributed by atoms with Crippen LogP contribution in [0, 0.1) is 0 Å². The number of hydrogen-bond donors (Lipinski definition) is 0. The Morgan fingerprint density at radius 3 is 2.05 bits per heavy atom. The number of likely N-dealkylation sites (tertiary alicyclic amines) is 1. The third-order valence-electron chi connectivity index (χ3n) is 7.65. The molecular weight excluding hydrogens is 512 g/mol. The van der Waals surface area contributed by atoms with E-state index in [1.165, 1.54) is 0 Å². The highest BCUT2D eigenvalue weighted by Gasteiger charge is 2.44. The molecule has 1 aliphatic heterocycles. The highest BCUT2D eigenvalue weighted by Crippen LogP contribution is 2.44. The number of unbranched alkanes of at least 4 members (excludes halogenated alkanes) is 1. The van der Waals surface area contributed by atoms with Gasteiger partial charge in [0.25, 0.3) is 0 Å². The van der Waals surface area contributed by atoms with Crippen molar-refractivity contribution in [2.24, 2.45) is 0 Å². The van der Waals surface area contributed by atoms with Gasteiger partial charge in [0.15, 0.2) is 5.78 Å². The molecule has 1 saturated heterocycles. The lowest BCUT2D eigenvalue weighted by Crippen LogP contribution is -2.52. The molecule has 1 fully saturated rings. The Balaban J connectivity index is 1.48. The van der Waals surface area contributed by atoms with Crippen LogP contribution in [-0.2, 0) is 26.4 Å². The van der Waals surface area contributed by atoms with E-state index in [0.717, 1.165) is 34.4 Å². The van der Waals surface area contributed by atoms with Crippen molar-refractivity contribution in [2.45, 2.75) is 44.7 Å². The van der Waals surface area contributed by atoms with Crippen molar-refractivity contribution in [1.82, 2.24) is 19.9 Å². The minimum absolute atomic E-state index is 0.138. The lowest BCUT2D eigenvalue weighted by Gasteiger charge is -2.47. The summed E-state index contributed by atoms with van der Waals surface area (Å²) < 4.78 is 6.83. The number of carbonyl (C=O) groups excluding carboxylic acids is 2. The maximum atomic E-state index is 13.3. The minimum Gasteiger partial charge on any atom is -0.466 e. The van der Waals surface area contributed by atoms with Crippen LogP contribution in [0.1, 0.15) is 55.0 Å². The molecule has 2 heterocycles. The molecule has 0 spiro atoms. The molecule has 1 aromatic heterocycles. The van der Waals surface area contributed by atoms with Crippen LogP contribution >= 0.6 is 0 Å². The molecule has 0 saturated carbocycles. The molecule has 0 aliphatic carbocycles. The van der Waals surface area contributed by atoms with Crippen LogP contribution in [0.2, 0.25) is 0 Å². The summed E-state index contributed by atoms with van der Waals surface area (Å²) in [5, 5.41) is 8.37. The van der Waals surface area contributed by atoms with Gasteiger partial charge in [-0.15, -0.1) is 5.10 Å². The summed E-state index contributed by atoms with van der Waals surface area (Å²) in [6.45, 7) is 3.92. The lowest BCUT2D eigenvalue weighted by atomic mass is 9.74. The van der Waals surface area contributed by atoms with E-state index in [9.17, 15) is 9.59 Å². The van der Waals surface area contributed by atoms with Crippen molar-refractivity contribution in [2.75, 3.05) is 19.7 Å². The van der Waals surface area contributed by atoms with E-state index >= 15 is 0 Å². The van der Waals surface area contributed by atoms with Gasteiger partial charge in [-0.1, -0.05) is 96.2 Å². The molecule has 7 heteroatoms. The molecule has 5 rings (SSSR count). The van der Waals surface area contributed by atoms with Crippen LogP contribution in [0.3, 0.4) is 0 Å². The number of piperidine rings is 1. The van der Waals surface area contributed by atoms with Crippen LogP contribution in [0.25, 0.3) is 6.08 Å². The van der Waals surface area contributed by atoms with Gasteiger partial charge in [0.2, 0.25) is 0 Å². The summed E-state index contributed by atoms with van der Waals surface area (Å²) in [5.74, 6) is -0.0422. The summed E-state index contributed by atoms with van der Waals surface area (Å²) in [4.78, 5) is 27.4. The van der Waals surface area contributed by atoms with E-state index in [1.54, 1.807) is 6.20 Å². The van der Waals surface area contributed by atoms with Crippen molar-refractivity contribution < 1.29 is 14.3 Å². The third-order valence-corrected chi connectivity index (χ3v) is 7.65. The fourth-order valence-corrected chi connectivity index (χ4v) is 5.76. The first kappa shape index (κ1) is 28.2. The van der Waals surface area contributed by atoms with E-state index in [1.807, 2.05) is 35.9 Å². The molecule has 0 atom stereocenters. The van der Waals surface area contributed by atoms with Gasteiger partial charge >= 0.3 is 5.97 Å².